The van der Waals surface area contributed by atoms with Gasteiger partial charge >= 0.3 is 0 Å². The van der Waals surface area contributed by atoms with Crippen LogP contribution in [0.15, 0.2) is 47.6 Å². The molecular weight excluding hydrogens is 344 g/mol. The van der Waals surface area contributed by atoms with Crippen LogP contribution in [-0.4, -0.2) is 32.9 Å². The van der Waals surface area contributed by atoms with Gasteiger partial charge in [-0.1, -0.05) is 31.1 Å². The van der Waals surface area contributed by atoms with Crippen molar-refractivity contribution < 1.29 is 19.1 Å². The number of rotatable bonds is 9. The highest BCUT2D eigenvalue weighted by Gasteiger charge is 2.06. The zero-order valence-electron chi connectivity index (χ0n) is 16.2. The summed E-state index contributed by atoms with van der Waals surface area (Å²) in [5.74, 6) is 1.53. The maximum absolute atomic E-state index is 12.0. The highest BCUT2D eigenvalue weighted by atomic mass is 16.6. The fourth-order valence-electron chi connectivity index (χ4n) is 2.46. The minimum atomic E-state index is -0.277. The molecule has 0 spiro atoms. The monoisotopic (exact) mass is 370 g/mol. The Morgan fingerprint density at radius 2 is 1.89 bits per heavy atom. The smallest absolute Gasteiger partial charge is 0.265 e. The Morgan fingerprint density at radius 3 is 2.52 bits per heavy atom. The van der Waals surface area contributed by atoms with E-state index in [-0.39, 0.29) is 12.5 Å². The van der Waals surface area contributed by atoms with Gasteiger partial charge in [0.1, 0.15) is 11.5 Å². The number of nitrogens with zero attached hydrogens (tertiary/aromatic N) is 1. The lowest BCUT2D eigenvalue weighted by atomic mass is 9.99. The number of amides is 1. The number of nitrogens with one attached hydrogen (secondary N) is 1. The van der Waals surface area contributed by atoms with Crippen LogP contribution < -0.4 is 14.8 Å². The van der Waals surface area contributed by atoms with Crippen molar-refractivity contribution in [1.29, 1.82) is 0 Å². The van der Waals surface area contributed by atoms with E-state index in [9.17, 15) is 4.79 Å². The number of methoxy groups -OCH3 is 2. The minimum absolute atomic E-state index is 0.185. The van der Waals surface area contributed by atoms with Gasteiger partial charge in [-0.05, 0) is 48.2 Å². The lowest BCUT2D eigenvalue weighted by molar-refractivity contribution is -0.120. The van der Waals surface area contributed by atoms with Crippen LogP contribution in [0.4, 0.5) is 5.69 Å². The van der Waals surface area contributed by atoms with Crippen molar-refractivity contribution in [2.45, 2.75) is 26.2 Å². The molecule has 0 aliphatic rings. The highest BCUT2D eigenvalue weighted by molar-refractivity contribution is 5.91. The zero-order chi connectivity index (χ0) is 19.6. The molecular formula is C21H26N2O4. The minimum Gasteiger partial charge on any atom is -0.497 e. The summed E-state index contributed by atoms with van der Waals surface area (Å²) in [6.07, 6.45) is 2.56. The summed E-state index contributed by atoms with van der Waals surface area (Å²) in [5.41, 5.74) is 2.68. The summed E-state index contributed by atoms with van der Waals surface area (Å²) in [6, 6.07) is 13.2. The molecule has 0 aliphatic heterocycles. The molecule has 1 atom stereocenters. The molecule has 0 aliphatic carbocycles. The number of benzene rings is 2. The molecule has 0 radical (unpaired) electrons. The molecule has 2 aromatic rings. The largest absolute Gasteiger partial charge is 0.497 e. The summed E-state index contributed by atoms with van der Waals surface area (Å²) < 4.78 is 10.4. The van der Waals surface area contributed by atoms with Crippen molar-refractivity contribution in [1.82, 2.24) is 0 Å². The third kappa shape index (κ3) is 6.02. The van der Waals surface area contributed by atoms with Gasteiger partial charge in [0.15, 0.2) is 6.61 Å². The Labute approximate surface area is 160 Å². The van der Waals surface area contributed by atoms with Gasteiger partial charge in [0.05, 0.1) is 20.4 Å². The molecule has 0 heterocycles. The first-order valence-electron chi connectivity index (χ1n) is 8.84. The second kappa shape index (κ2) is 10.2. The molecule has 0 aromatic heterocycles. The van der Waals surface area contributed by atoms with E-state index in [0.717, 1.165) is 12.1 Å². The molecule has 0 saturated carbocycles. The number of hydrogen-bond donors (Lipinski definition) is 1. The van der Waals surface area contributed by atoms with Crippen LogP contribution in [0.2, 0.25) is 0 Å². The van der Waals surface area contributed by atoms with E-state index < -0.39 is 0 Å². The van der Waals surface area contributed by atoms with Gasteiger partial charge in [0.2, 0.25) is 0 Å². The number of ether oxygens (including phenoxy) is 2. The molecule has 1 amide bonds. The quantitative estimate of drug-likeness (QED) is 0.530. The molecule has 2 rings (SSSR count). The molecule has 6 heteroatoms. The Bertz CT molecular complexity index is 772. The first-order valence-corrected chi connectivity index (χ1v) is 8.84. The predicted octanol–water partition coefficient (Wildman–Crippen LogP) is 4.21. The van der Waals surface area contributed by atoms with E-state index in [4.69, 9.17) is 14.3 Å². The average Bonchev–Trinajstić information content (AvgIpc) is 2.71. The topological polar surface area (TPSA) is 69.2 Å². The lowest BCUT2D eigenvalue weighted by Gasteiger charge is -2.10. The van der Waals surface area contributed by atoms with Crippen molar-refractivity contribution >= 4 is 17.8 Å². The normalized spacial score (nSPS) is 11.9. The Balaban J connectivity index is 1.86. The average molecular weight is 370 g/mol. The van der Waals surface area contributed by atoms with Crippen LogP contribution >= 0.6 is 0 Å². The maximum Gasteiger partial charge on any atom is 0.265 e. The van der Waals surface area contributed by atoms with Gasteiger partial charge < -0.3 is 19.6 Å². The molecule has 1 N–H and O–H groups in total. The fourth-order valence-corrected chi connectivity index (χ4v) is 2.46. The molecule has 0 saturated heterocycles. The van der Waals surface area contributed by atoms with E-state index in [1.165, 1.54) is 11.8 Å². The standard InChI is InChI=1S/C21H26N2O4/c1-5-15(2)16-6-8-18(9-7-16)23-21(24)14-27-22-13-17-12-19(25-3)10-11-20(17)26-4/h6-13,15H,5,14H2,1-4H3,(H,23,24)/b22-13-/t15-/m0/s1. The van der Waals surface area contributed by atoms with Crippen LogP contribution in [0.3, 0.4) is 0 Å². The van der Waals surface area contributed by atoms with Crippen molar-refractivity contribution in [3.8, 4) is 11.5 Å². The molecule has 0 unspecified atom stereocenters. The van der Waals surface area contributed by atoms with E-state index in [1.807, 2.05) is 24.3 Å². The van der Waals surface area contributed by atoms with Gasteiger partial charge in [0, 0.05) is 11.3 Å². The molecule has 0 bridgehead atoms. The summed E-state index contributed by atoms with van der Waals surface area (Å²) in [7, 11) is 3.15. The van der Waals surface area contributed by atoms with Gasteiger partial charge in [-0.3, -0.25) is 4.79 Å². The van der Waals surface area contributed by atoms with Crippen molar-refractivity contribution in [3.63, 3.8) is 0 Å². The molecule has 144 valence electrons. The third-order valence-electron chi connectivity index (χ3n) is 4.27. The van der Waals surface area contributed by atoms with Crippen LogP contribution in [0.5, 0.6) is 11.5 Å². The third-order valence-corrected chi connectivity index (χ3v) is 4.27. The molecule has 27 heavy (non-hydrogen) atoms. The van der Waals surface area contributed by atoms with Crippen LogP contribution in [0.1, 0.15) is 37.3 Å². The number of carbonyl (C=O) groups is 1. The Hall–Kier alpha value is -3.02. The van der Waals surface area contributed by atoms with Crippen molar-refractivity contribution in [3.05, 3.63) is 53.6 Å². The second-order valence-corrected chi connectivity index (χ2v) is 6.10. The predicted molar refractivity (Wildman–Crippen MR) is 107 cm³/mol. The van der Waals surface area contributed by atoms with E-state index >= 15 is 0 Å². The van der Waals surface area contributed by atoms with Gasteiger partial charge in [-0.25, -0.2) is 0 Å². The van der Waals surface area contributed by atoms with E-state index in [1.54, 1.807) is 32.4 Å². The summed E-state index contributed by atoms with van der Waals surface area (Å²) >= 11 is 0. The van der Waals surface area contributed by atoms with Gasteiger partial charge in [-0.15, -0.1) is 0 Å². The SMILES string of the molecule is CC[C@H](C)c1ccc(NC(=O)CO/N=C\c2cc(OC)ccc2OC)cc1. The second-order valence-electron chi connectivity index (χ2n) is 6.10. The number of hydrogen-bond acceptors (Lipinski definition) is 5. The number of oxime groups is 1. The molecule has 0 fully saturated rings. The summed E-state index contributed by atoms with van der Waals surface area (Å²) in [6.45, 7) is 4.14. The van der Waals surface area contributed by atoms with Crippen molar-refractivity contribution in [2.75, 3.05) is 26.1 Å². The zero-order valence-corrected chi connectivity index (χ0v) is 16.2. The Kier molecular flexibility index (Phi) is 7.67. The number of carbonyl (C=O) groups excluding carboxylic acids is 1. The molecule has 2 aromatic carbocycles. The van der Waals surface area contributed by atoms with Crippen molar-refractivity contribution in [2.24, 2.45) is 5.16 Å². The first kappa shape index (κ1) is 20.3. The van der Waals surface area contributed by atoms with E-state index in [0.29, 0.717) is 23.0 Å². The summed E-state index contributed by atoms with van der Waals surface area (Å²) in [5, 5.41) is 6.62. The molecule has 6 nitrogen and oxygen atoms in total. The highest BCUT2D eigenvalue weighted by Crippen LogP contribution is 2.22. The first-order chi connectivity index (χ1) is 13.1. The van der Waals surface area contributed by atoms with Crippen LogP contribution in [0, 0.1) is 0 Å². The maximum atomic E-state index is 12.0. The fraction of sp³-hybridized carbons (Fsp3) is 0.333. The number of anilines is 1. The van der Waals surface area contributed by atoms with Gasteiger partial charge in [-0.2, -0.15) is 0 Å². The van der Waals surface area contributed by atoms with E-state index in [2.05, 4.69) is 24.3 Å². The van der Waals surface area contributed by atoms with Crippen LogP contribution in [-0.2, 0) is 9.63 Å². The summed E-state index contributed by atoms with van der Waals surface area (Å²) in [4.78, 5) is 17.1. The Morgan fingerprint density at radius 1 is 1.15 bits per heavy atom. The van der Waals surface area contributed by atoms with Gasteiger partial charge in [0.25, 0.3) is 5.91 Å². The lowest BCUT2D eigenvalue weighted by Crippen LogP contribution is -2.17. The van der Waals surface area contributed by atoms with Crippen LogP contribution in [0.25, 0.3) is 0 Å².